The molecule has 0 aliphatic heterocycles. The molecule has 1 unspecified atom stereocenters. The highest BCUT2D eigenvalue weighted by Crippen LogP contribution is 2.22. The standard InChI is InChI=1S/C15H16ClN3O4S/c1-9(20)17-12(10-3-5-11(22-2)6-4-10)7-14(21)23-8-13-15(16)24-19-18-13/h3-6,12H,7-8H2,1-2H3,(H,17,20). The fourth-order valence-electron chi connectivity index (χ4n) is 1.99. The van der Waals surface area contributed by atoms with E-state index in [1.54, 1.807) is 31.4 Å². The fraction of sp³-hybridized carbons (Fsp3) is 0.333. The Kier molecular flexibility index (Phi) is 6.51. The van der Waals surface area contributed by atoms with E-state index in [0.717, 1.165) is 17.1 Å². The summed E-state index contributed by atoms with van der Waals surface area (Å²) in [4.78, 5) is 23.5. The molecule has 0 saturated heterocycles. The van der Waals surface area contributed by atoms with Crippen molar-refractivity contribution in [1.82, 2.24) is 14.9 Å². The van der Waals surface area contributed by atoms with Crippen molar-refractivity contribution >= 4 is 35.0 Å². The van der Waals surface area contributed by atoms with Crippen LogP contribution in [0.3, 0.4) is 0 Å². The average Bonchev–Trinajstić information content (AvgIpc) is 2.97. The molecule has 0 fully saturated rings. The number of amides is 1. The van der Waals surface area contributed by atoms with Crippen LogP contribution in [0.25, 0.3) is 0 Å². The number of esters is 1. The summed E-state index contributed by atoms with van der Waals surface area (Å²) in [6.45, 7) is 1.34. The van der Waals surface area contributed by atoms with Gasteiger partial charge in [0.05, 0.1) is 19.6 Å². The Morgan fingerprint density at radius 1 is 1.33 bits per heavy atom. The van der Waals surface area contributed by atoms with Crippen LogP contribution in [0.4, 0.5) is 0 Å². The van der Waals surface area contributed by atoms with Gasteiger partial charge in [-0.25, -0.2) is 0 Å². The number of hydrogen-bond donors (Lipinski definition) is 1. The lowest BCUT2D eigenvalue weighted by Gasteiger charge is -2.18. The number of benzene rings is 1. The summed E-state index contributed by atoms with van der Waals surface area (Å²) in [7, 11) is 1.57. The van der Waals surface area contributed by atoms with E-state index in [-0.39, 0.29) is 18.9 Å². The maximum atomic E-state index is 12.1. The minimum atomic E-state index is -0.495. The van der Waals surface area contributed by atoms with Crippen molar-refractivity contribution in [3.05, 3.63) is 39.9 Å². The largest absolute Gasteiger partial charge is 0.497 e. The van der Waals surface area contributed by atoms with Crippen LogP contribution in [0.5, 0.6) is 5.75 Å². The number of carbonyl (C=O) groups is 2. The molecule has 7 nitrogen and oxygen atoms in total. The van der Waals surface area contributed by atoms with Gasteiger partial charge in [0.2, 0.25) is 5.91 Å². The van der Waals surface area contributed by atoms with Crippen molar-refractivity contribution in [3.8, 4) is 5.75 Å². The van der Waals surface area contributed by atoms with E-state index < -0.39 is 12.0 Å². The third kappa shape index (κ3) is 5.17. The SMILES string of the molecule is COc1ccc(C(CC(=O)OCc2nnsc2Cl)NC(C)=O)cc1. The number of ether oxygens (including phenoxy) is 2. The van der Waals surface area contributed by atoms with Crippen molar-refractivity contribution in [3.63, 3.8) is 0 Å². The van der Waals surface area contributed by atoms with Crippen LogP contribution in [-0.2, 0) is 20.9 Å². The molecule has 1 N–H and O–H groups in total. The van der Waals surface area contributed by atoms with Crippen LogP contribution in [0, 0.1) is 0 Å². The lowest BCUT2D eigenvalue weighted by Crippen LogP contribution is -2.28. The molecule has 1 aromatic carbocycles. The van der Waals surface area contributed by atoms with Gasteiger partial charge in [0, 0.05) is 18.5 Å². The van der Waals surface area contributed by atoms with E-state index in [4.69, 9.17) is 21.1 Å². The van der Waals surface area contributed by atoms with Crippen LogP contribution in [0.2, 0.25) is 4.34 Å². The Hall–Kier alpha value is -2.19. The Bertz CT molecular complexity index is 705. The summed E-state index contributed by atoms with van der Waals surface area (Å²) in [5.74, 6) is -0.0300. The zero-order valence-electron chi connectivity index (χ0n) is 13.1. The molecule has 1 aromatic heterocycles. The average molecular weight is 370 g/mol. The van der Waals surface area contributed by atoms with Gasteiger partial charge in [-0.1, -0.05) is 28.2 Å². The normalized spacial score (nSPS) is 11.6. The minimum Gasteiger partial charge on any atom is -0.497 e. The molecule has 128 valence electrons. The maximum absolute atomic E-state index is 12.1. The van der Waals surface area contributed by atoms with Gasteiger partial charge >= 0.3 is 5.97 Å². The first-order valence-electron chi connectivity index (χ1n) is 7.03. The van der Waals surface area contributed by atoms with Gasteiger partial charge in [0.15, 0.2) is 0 Å². The van der Waals surface area contributed by atoms with E-state index >= 15 is 0 Å². The Balaban J connectivity index is 2.00. The summed E-state index contributed by atoms with van der Waals surface area (Å²) in [5.41, 5.74) is 1.19. The molecule has 9 heteroatoms. The summed E-state index contributed by atoms with van der Waals surface area (Å²) in [5, 5.41) is 6.50. The number of rotatable bonds is 7. The number of nitrogens with zero attached hydrogens (tertiary/aromatic N) is 2. The molecule has 24 heavy (non-hydrogen) atoms. The van der Waals surface area contributed by atoms with Gasteiger partial charge in [-0.05, 0) is 17.7 Å². The summed E-state index contributed by atoms with van der Waals surface area (Å²) < 4.78 is 14.3. The van der Waals surface area contributed by atoms with Gasteiger partial charge in [0.25, 0.3) is 0 Å². The van der Waals surface area contributed by atoms with Crippen LogP contribution in [-0.4, -0.2) is 28.6 Å². The van der Waals surface area contributed by atoms with Crippen molar-refractivity contribution in [2.24, 2.45) is 0 Å². The van der Waals surface area contributed by atoms with Crippen LogP contribution >= 0.6 is 23.1 Å². The second-order valence-electron chi connectivity index (χ2n) is 4.88. The Morgan fingerprint density at radius 2 is 2.04 bits per heavy atom. The number of hydrogen-bond acceptors (Lipinski definition) is 7. The van der Waals surface area contributed by atoms with E-state index in [2.05, 4.69) is 14.9 Å². The molecule has 1 atom stereocenters. The van der Waals surface area contributed by atoms with Gasteiger partial charge in [-0.15, -0.1) is 5.10 Å². The molecule has 1 amide bonds. The summed E-state index contributed by atoms with van der Waals surface area (Å²) in [6, 6.07) is 6.60. The number of nitrogens with one attached hydrogen (secondary N) is 1. The zero-order valence-corrected chi connectivity index (χ0v) is 14.7. The monoisotopic (exact) mass is 369 g/mol. The van der Waals surface area contributed by atoms with Crippen molar-refractivity contribution in [1.29, 1.82) is 0 Å². The quantitative estimate of drug-likeness (QED) is 0.754. The highest BCUT2D eigenvalue weighted by atomic mass is 35.5. The Morgan fingerprint density at radius 3 is 2.58 bits per heavy atom. The Labute approximate surface area is 148 Å². The predicted octanol–water partition coefficient (Wildman–Crippen LogP) is 2.51. The van der Waals surface area contributed by atoms with Crippen LogP contribution in [0.15, 0.2) is 24.3 Å². The minimum absolute atomic E-state index is 0.0128. The summed E-state index contributed by atoms with van der Waals surface area (Å²) >= 11 is 6.88. The van der Waals surface area contributed by atoms with E-state index in [1.165, 1.54) is 6.92 Å². The topological polar surface area (TPSA) is 90.4 Å². The molecule has 2 rings (SSSR count). The first kappa shape index (κ1) is 18.2. The maximum Gasteiger partial charge on any atom is 0.308 e. The molecular weight excluding hydrogens is 354 g/mol. The van der Waals surface area contributed by atoms with Crippen molar-refractivity contribution in [2.45, 2.75) is 26.0 Å². The van der Waals surface area contributed by atoms with E-state index in [0.29, 0.717) is 15.8 Å². The fourth-order valence-corrected chi connectivity index (χ4v) is 2.59. The number of aromatic nitrogens is 2. The first-order chi connectivity index (χ1) is 11.5. The van der Waals surface area contributed by atoms with Crippen molar-refractivity contribution in [2.75, 3.05) is 7.11 Å². The first-order valence-corrected chi connectivity index (χ1v) is 8.18. The van der Waals surface area contributed by atoms with Gasteiger partial charge < -0.3 is 14.8 Å². The molecule has 2 aromatic rings. The highest BCUT2D eigenvalue weighted by molar-refractivity contribution is 7.10. The van der Waals surface area contributed by atoms with Crippen LogP contribution < -0.4 is 10.1 Å². The number of halogens is 1. The van der Waals surface area contributed by atoms with E-state index in [9.17, 15) is 9.59 Å². The molecular formula is C15H16ClN3O4S. The third-order valence-corrected chi connectivity index (χ3v) is 4.13. The van der Waals surface area contributed by atoms with Gasteiger partial charge in [-0.3, -0.25) is 9.59 Å². The molecule has 0 aliphatic carbocycles. The third-order valence-electron chi connectivity index (χ3n) is 3.15. The van der Waals surface area contributed by atoms with Crippen LogP contribution in [0.1, 0.15) is 30.6 Å². The molecule has 0 saturated carbocycles. The molecule has 0 bridgehead atoms. The van der Waals surface area contributed by atoms with Crippen molar-refractivity contribution < 1.29 is 19.1 Å². The second kappa shape index (κ2) is 8.60. The second-order valence-corrected chi connectivity index (χ2v) is 6.24. The number of carbonyl (C=O) groups excluding carboxylic acids is 2. The lowest BCUT2D eigenvalue weighted by molar-refractivity contribution is -0.145. The summed E-state index contributed by atoms with van der Waals surface area (Å²) in [6.07, 6.45) is -0.0128. The highest BCUT2D eigenvalue weighted by Gasteiger charge is 2.19. The smallest absolute Gasteiger partial charge is 0.308 e. The lowest BCUT2D eigenvalue weighted by atomic mass is 10.0. The predicted molar refractivity (Wildman–Crippen MR) is 88.9 cm³/mol. The molecule has 0 aliphatic rings. The van der Waals surface area contributed by atoms with Gasteiger partial charge in [-0.2, -0.15) is 0 Å². The molecule has 0 spiro atoms. The van der Waals surface area contributed by atoms with Gasteiger partial charge in [0.1, 0.15) is 22.4 Å². The number of methoxy groups -OCH3 is 1. The zero-order chi connectivity index (χ0) is 17.5. The molecule has 1 heterocycles. The van der Waals surface area contributed by atoms with E-state index in [1.807, 2.05) is 0 Å². The molecule has 0 radical (unpaired) electrons.